The fourth-order valence-electron chi connectivity index (χ4n) is 4.32. The second-order valence-electron chi connectivity index (χ2n) is 10.1. The van der Waals surface area contributed by atoms with Crippen LogP contribution >= 0.6 is 0 Å². The van der Waals surface area contributed by atoms with E-state index in [0.717, 1.165) is 23.4 Å². The molecule has 0 saturated heterocycles. The summed E-state index contributed by atoms with van der Waals surface area (Å²) < 4.78 is 6.03. The summed E-state index contributed by atoms with van der Waals surface area (Å²) in [6.45, 7) is 16.1. The van der Waals surface area contributed by atoms with Crippen LogP contribution < -0.4 is 15.8 Å². The molecule has 2 aliphatic rings. The molecule has 0 amide bonds. The lowest BCUT2D eigenvalue weighted by Crippen LogP contribution is -2.21. The number of rotatable bonds is 9. The van der Waals surface area contributed by atoms with Crippen molar-refractivity contribution in [3.8, 4) is 5.75 Å². The van der Waals surface area contributed by atoms with Gasteiger partial charge in [0.15, 0.2) is 0 Å². The van der Waals surface area contributed by atoms with Crippen molar-refractivity contribution in [1.82, 2.24) is 5.32 Å². The minimum atomic E-state index is 0.450. The van der Waals surface area contributed by atoms with Gasteiger partial charge in [0.1, 0.15) is 12.4 Å². The number of nitrogens with one attached hydrogen (secondary N) is 1. The Balaban J connectivity index is 0.000000433. The van der Waals surface area contributed by atoms with E-state index in [1.807, 2.05) is 39.2 Å². The Morgan fingerprint density at radius 3 is 2.57 bits per heavy atom. The molecule has 2 atom stereocenters. The van der Waals surface area contributed by atoms with Gasteiger partial charge in [0.25, 0.3) is 0 Å². The normalized spacial score (nSPS) is 17.2. The van der Waals surface area contributed by atoms with E-state index in [1.165, 1.54) is 43.3 Å². The Morgan fingerprint density at radius 1 is 1.17 bits per heavy atom. The fourth-order valence-corrected chi connectivity index (χ4v) is 4.32. The molecule has 1 heterocycles. The fraction of sp³-hybridized carbons (Fsp3) is 0.562. The van der Waals surface area contributed by atoms with Gasteiger partial charge < -0.3 is 15.8 Å². The second kappa shape index (κ2) is 16.3. The first-order valence-corrected chi connectivity index (χ1v) is 13.8. The standard InChI is InChI=1S/C21H27NO.C9H19N.C2H6/c1-3-4-5-9-15(2)16-10-6-7-11-17-18-12-8-13-20(22)21(18)23-14-19(16)17;1-5-9(2,3)7-6-8-10-4;1-2/h6-8,10-13,15-16H,3-5,9,14,22H2,1-2H3;6,8,10H,5,7H2,1-4H3;1-2H3/b;8-6-;. The number of nitrogen functional groups attached to an aromatic ring is 1. The number of hydrogen-bond donors (Lipinski definition) is 2. The van der Waals surface area contributed by atoms with E-state index in [2.05, 4.69) is 76.4 Å². The summed E-state index contributed by atoms with van der Waals surface area (Å²) in [6.07, 6.45) is 20.6. The zero-order valence-corrected chi connectivity index (χ0v) is 23.8. The molecule has 0 spiro atoms. The van der Waals surface area contributed by atoms with Crippen LogP contribution in [0.25, 0.3) is 5.57 Å². The average molecular weight is 481 g/mol. The monoisotopic (exact) mass is 480 g/mol. The molecule has 1 aromatic rings. The Labute approximate surface area is 216 Å². The number of hydrogen-bond acceptors (Lipinski definition) is 3. The number of anilines is 1. The highest BCUT2D eigenvalue weighted by atomic mass is 16.5. The van der Waals surface area contributed by atoms with Crippen LogP contribution in [0.4, 0.5) is 5.69 Å². The van der Waals surface area contributed by atoms with Gasteiger partial charge in [-0.05, 0) is 47.6 Å². The van der Waals surface area contributed by atoms with Crippen LogP contribution in [0.15, 0.2) is 60.4 Å². The van der Waals surface area contributed by atoms with Gasteiger partial charge in [0, 0.05) is 18.5 Å². The van der Waals surface area contributed by atoms with Crippen LogP contribution in [0, 0.1) is 17.3 Å². The summed E-state index contributed by atoms with van der Waals surface area (Å²) in [4.78, 5) is 0. The molecular weight excluding hydrogens is 428 g/mol. The van der Waals surface area contributed by atoms with Gasteiger partial charge in [-0.3, -0.25) is 0 Å². The maximum absolute atomic E-state index is 6.09. The molecular formula is C32H52N2O. The van der Waals surface area contributed by atoms with Crippen LogP contribution in [0.5, 0.6) is 5.75 Å². The molecule has 0 radical (unpaired) electrons. The van der Waals surface area contributed by atoms with Gasteiger partial charge in [-0.2, -0.15) is 0 Å². The highest BCUT2D eigenvalue weighted by molar-refractivity contribution is 5.85. The van der Waals surface area contributed by atoms with Crippen LogP contribution in [-0.2, 0) is 0 Å². The number of ether oxygens (including phenoxy) is 1. The average Bonchev–Trinajstić information content (AvgIpc) is 3.09. The molecule has 0 fully saturated rings. The van der Waals surface area contributed by atoms with Crippen LogP contribution in [0.3, 0.4) is 0 Å². The summed E-state index contributed by atoms with van der Waals surface area (Å²) in [5.41, 5.74) is 11.1. The van der Waals surface area contributed by atoms with E-state index >= 15 is 0 Å². The van der Waals surface area contributed by atoms with Crippen molar-refractivity contribution >= 4 is 11.3 Å². The lowest BCUT2D eigenvalue weighted by Gasteiger charge is -2.30. The lowest BCUT2D eigenvalue weighted by atomic mass is 9.80. The van der Waals surface area contributed by atoms with Crippen molar-refractivity contribution in [1.29, 1.82) is 0 Å². The number of benzene rings is 1. The van der Waals surface area contributed by atoms with Gasteiger partial charge in [-0.15, -0.1) is 0 Å². The van der Waals surface area contributed by atoms with E-state index in [1.54, 1.807) is 0 Å². The molecule has 2 unspecified atom stereocenters. The predicted molar refractivity (Wildman–Crippen MR) is 157 cm³/mol. The molecule has 1 aromatic carbocycles. The number of nitrogens with two attached hydrogens (primary N) is 1. The van der Waals surface area contributed by atoms with Crippen molar-refractivity contribution in [2.24, 2.45) is 17.3 Å². The van der Waals surface area contributed by atoms with E-state index in [-0.39, 0.29) is 0 Å². The maximum Gasteiger partial charge on any atom is 0.150 e. The number of para-hydroxylation sites is 1. The third kappa shape index (κ3) is 9.63. The van der Waals surface area contributed by atoms with Gasteiger partial charge in [0.05, 0.1) is 5.69 Å². The molecule has 1 aliphatic carbocycles. The Morgan fingerprint density at radius 2 is 1.91 bits per heavy atom. The molecule has 3 heteroatoms. The van der Waals surface area contributed by atoms with E-state index < -0.39 is 0 Å². The van der Waals surface area contributed by atoms with Crippen molar-refractivity contribution < 1.29 is 4.74 Å². The zero-order valence-electron chi connectivity index (χ0n) is 23.8. The lowest BCUT2D eigenvalue weighted by molar-refractivity contribution is 0.315. The molecule has 3 nitrogen and oxygen atoms in total. The smallest absolute Gasteiger partial charge is 0.150 e. The molecule has 1 aliphatic heterocycles. The highest BCUT2D eigenvalue weighted by Crippen LogP contribution is 2.43. The first-order chi connectivity index (χ1) is 16.8. The first kappa shape index (κ1) is 30.6. The van der Waals surface area contributed by atoms with Gasteiger partial charge in [-0.25, -0.2) is 0 Å². The first-order valence-electron chi connectivity index (χ1n) is 13.8. The zero-order chi connectivity index (χ0) is 26.3. The summed E-state index contributed by atoms with van der Waals surface area (Å²) in [5.74, 6) is 1.93. The predicted octanol–water partition coefficient (Wildman–Crippen LogP) is 8.95. The van der Waals surface area contributed by atoms with Crippen LogP contribution in [-0.4, -0.2) is 13.7 Å². The third-order valence-electron chi connectivity index (χ3n) is 6.94. The summed E-state index contributed by atoms with van der Waals surface area (Å²) in [5, 5.41) is 2.98. The van der Waals surface area contributed by atoms with Gasteiger partial charge >= 0.3 is 0 Å². The maximum atomic E-state index is 6.09. The van der Waals surface area contributed by atoms with Crippen molar-refractivity contribution in [3.63, 3.8) is 0 Å². The Hall–Kier alpha value is -2.42. The number of allylic oxidation sites excluding steroid dienone is 6. The second-order valence-corrected chi connectivity index (χ2v) is 10.1. The summed E-state index contributed by atoms with van der Waals surface area (Å²) in [6, 6.07) is 6.04. The van der Waals surface area contributed by atoms with Crippen LogP contribution in [0.1, 0.15) is 92.6 Å². The topological polar surface area (TPSA) is 47.3 Å². The summed E-state index contributed by atoms with van der Waals surface area (Å²) in [7, 11) is 1.93. The largest absolute Gasteiger partial charge is 0.486 e. The van der Waals surface area contributed by atoms with E-state index in [9.17, 15) is 0 Å². The minimum absolute atomic E-state index is 0.450. The molecule has 0 saturated carbocycles. The van der Waals surface area contributed by atoms with Crippen molar-refractivity contribution in [2.45, 2.75) is 87.0 Å². The highest BCUT2D eigenvalue weighted by Gasteiger charge is 2.28. The Kier molecular flexibility index (Phi) is 14.2. The number of fused-ring (bicyclic) bond motifs is 2. The molecule has 196 valence electrons. The van der Waals surface area contributed by atoms with Crippen molar-refractivity contribution in [2.75, 3.05) is 19.4 Å². The third-order valence-corrected chi connectivity index (χ3v) is 6.94. The minimum Gasteiger partial charge on any atom is -0.486 e. The Bertz CT molecular complexity index is 860. The van der Waals surface area contributed by atoms with E-state index in [0.29, 0.717) is 23.9 Å². The molecule has 35 heavy (non-hydrogen) atoms. The molecule has 3 N–H and O–H groups in total. The summed E-state index contributed by atoms with van der Waals surface area (Å²) >= 11 is 0. The van der Waals surface area contributed by atoms with E-state index in [4.69, 9.17) is 10.5 Å². The number of unbranched alkanes of at least 4 members (excludes halogenated alkanes) is 2. The quantitative estimate of drug-likeness (QED) is 0.274. The van der Waals surface area contributed by atoms with Gasteiger partial charge in [0.2, 0.25) is 0 Å². The molecule has 0 bridgehead atoms. The van der Waals surface area contributed by atoms with Crippen LogP contribution in [0.2, 0.25) is 0 Å². The van der Waals surface area contributed by atoms with Crippen molar-refractivity contribution in [3.05, 3.63) is 65.9 Å². The van der Waals surface area contributed by atoms with Gasteiger partial charge in [-0.1, -0.05) is 117 Å². The molecule has 3 rings (SSSR count). The molecule has 0 aromatic heterocycles. The SMILES string of the molecule is CC.CCC(C)(C)C/C=C\NC.CCCCCC(C)C1C=CC=CC2=C1COc1c(N)cccc12.